The first-order chi connectivity index (χ1) is 11.6. The van der Waals surface area contributed by atoms with Crippen molar-refractivity contribution in [3.05, 3.63) is 0 Å². The van der Waals surface area contributed by atoms with Crippen molar-refractivity contribution in [3.8, 4) is 0 Å². The van der Waals surface area contributed by atoms with Gasteiger partial charge in [0.25, 0.3) is 0 Å². The Hall–Kier alpha value is 0.110. The Morgan fingerprint density at radius 2 is 1.38 bits per heavy atom. The predicted molar refractivity (Wildman–Crippen MR) is 103 cm³/mol. The van der Waals surface area contributed by atoms with Crippen LogP contribution in [-0.4, -0.2) is 25.0 Å². The minimum Gasteiger partial charge on any atom is -0.307 e. The van der Waals surface area contributed by atoms with Gasteiger partial charge in [-0.2, -0.15) is 0 Å². The lowest BCUT2D eigenvalue weighted by molar-refractivity contribution is 0.173. The highest BCUT2D eigenvalue weighted by atomic mass is 31.2. The summed E-state index contributed by atoms with van der Waals surface area (Å²) in [7, 11) is -3.11. The fourth-order valence-electron chi connectivity index (χ4n) is 3.44. The molecule has 1 fully saturated rings. The summed E-state index contributed by atoms with van der Waals surface area (Å²) in [5.74, 6) is 0. The number of rotatable bonds is 15. The zero-order chi connectivity index (χ0) is 17.7. The van der Waals surface area contributed by atoms with Crippen LogP contribution in [-0.2, 0) is 13.6 Å². The molecule has 4 nitrogen and oxygen atoms in total. The van der Waals surface area contributed by atoms with Gasteiger partial charge in [0.05, 0.1) is 13.2 Å². The van der Waals surface area contributed by atoms with Crippen molar-refractivity contribution in [1.82, 2.24) is 5.32 Å². The molecule has 0 atom stereocenters. The van der Waals surface area contributed by atoms with E-state index in [1.54, 1.807) is 0 Å². The highest BCUT2D eigenvalue weighted by Gasteiger charge is 2.52. The fraction of sp³-hybridized carbons (Fsp3) is 1.00. The molecular weight excluding hydrogens is 321 g/mol. The highest BCUT2D eigenvalue weighted by molar-refractivity contribution is 7.55. The number of nitrogens with one attached hydrogen (secondary N) is 1. The standard InChI is InChI=1S/C19H40NO3P/c1-4-7-8-9-10-13-16-20-19(14-11-12-15-19)24(21,22-17-5-2)23-18-6-3/h20H,4-18H2,1-3H3. The molecule has 0 spiro atoms. The second-order valence-electron chi connectivity index (χ2n) is 7.10. The molecule has 1 rings (SSSR count). The zero-order valence-electron chi connectivity index (χ0n) is 16.3. The molecule has 0 aromatic rings. The molecule has 1 N–H and O–H groups in total. The molecule has 1 aliphatic carbocycles. The lowest BCUT2D eigenvalue weighted by Gasteiger charge is -2.37. The van der Waals surface area contributed by atoms with Crippen LogP contribution < -0.4 is 5.32 Å². The fourth-order valence-corrected chi connectivity index (χ4v) is 6.03. The average molecular weight is 362 g/mol. The zero-order valence-corrected chi connectivity index (χ0v) is 17.2. The molecule has 1 aliphatic rings. The van der Waals surface area contributed by atoms with Crippen molar-refractivity contribution in [1.29, 1.82) is 0 Å². The molecule has 5 heteroatoms. The molecule has 0 aromatic heterocycles. The molecule has 0 unspecified atom stereocenters. The van der Waals surface area contributed by atoms with E-state index < -0.39 is 12.9 Å². The van der Waals surface area contributed by atoms with Crippen LogP contribution in [0.5, 0.6) is 0 Å². The molecule has 1 saturated carbocycles. The number of unbranched alkanes of at least 4 members (excludes halogenated alkanes) is 5. The first-order valence-electron chi connectivity index (χ1n) is 10.3. The van der Waals surface area contributed by atoms with Gasteiger partial charge < -0.3 is 14.4 Å². The maximum Gasteiger partial charge on any atom is 0.350 e. The second-order valence-corrected chi connectivity index (χ2v) is 9.46. The van der Waals surface area contributed by atoms with Gasteiger partial charge in [0.2, 0.25) is 0 Å². The summed E-state index contributed by atoms with van der Waals surface area (Å²) >= 11 is 0. The van der Waals surface area contributed by atoms with Crippen molar-refractivity contribution in [3.63, 3.8) is 0 Å². The Kier molecular flexibility index (Phi) is 11.5. The van der Waals surface area contributed by atoms with Gasteiger partial charge in [0, 0.05) is 0 Å². The van der Waals surface area contributed by atoms with Crippen molar-refractivity contribution in [2.45, 2.75) is 103 Å². The van der Waals surface area contributed by atoms with Crippen LogP contribution >= 0.6 is 7.60 Å². The summed E-state index contributed by atoms with van der Waals surface area (Å²) in [6, 6.07) is 0. The molecule has 0 amide bonds. The molecule has 0 radical (unpaired) electrons. The summed E-state index contributed by atoms with van der Waals surface area (Å²) in [4.78, 5) is 0. The molecule has 0 aromatic carbocycles. The molecular formula is C19H40NO3P. The maximum atomic E-state index is 13.6. The van der Waals surface area contributed by atoms with Crippen LogP contribution in [0.15, 0.2) is 0 Å². The third kappa shape index (κ3) is 6.78. The van der Waals surface area contributed by atoms with Crippen molar-refractivity contribution in [2.75, 3.05) is 19.8 Å². The molecule has 144 valence electrons. The Labute approximate surface area is 150 Å². The van der Waals surface area contributed by atoms with E-state index in [-0.39, 0.29) is 0 Å². The summed E-state index contributed by atoms with van der Waals surface area (Å²) in [5, 5.41) is 3.19. The highest BCUT2D eigenvalue weighted by Crippen LogP contribution is 2.64. The third-order valence-electron chi connectivity index (χ3n) is 4.87. The first-order valence-corrected chi connectivity index (χ1v) is 11.8. The van der Waals surface area contributed by atoms with E-state index in [0.717, 1.165) is 51.5 Å². The second kappa shape index (κ2) is 12.5. The Morgan fingerprint density at radius 3 is 1.92 bits per heavy atom. The van der Waals surface area contributed by atoms with Gasteiger partial charge in [-0.25, -0.2) is 0 Å². The minimum absolute atomic E-state index is 0.444. The normalized spacial score (nSPS) is 17.5. The van der Waals surface area contributed by atoms with E-state index in [9.17, 15) is 4.57 Å². The number of hydrogen-bond donors (Lipinski definition) is 1. The van der Waals surface area contributed by atoms with E-state index in [2.05, 4.69) is 26.1 Å². The van der Waals surface area contributed by atoms with Gasteiger partial charge in [-0.3, -0.25) is 4.57 Å². The van der Waals surface area contributed by atoms with Crippen LogP contribution in [0.2, 0.25) is 0 Å². The van der Waals surface area contributed by atoms with E-state index in [0.29, 0.717) is 13.2 Å². The van der Waals surface area contributed by atoms with E-state index in [4.69, 9.17) is 9.05 Å². The monoisotopic (exact) mass is 361 g/mol. The van der Waals surface area contributed by atoms with E-state index >= 15 is 0 Å². The summed E-state index contributed by atoms with van der Waals surface area (Å²) in [6.07, 6.45) is 13.4. The average Bonchev–Trinajstić information content (AvgIpc) is 3.08. The lowest BCUT2D eigenvalue weighted by Crippen LogP contribution is -2.44. The van der Waals surface area contributed by atoms with E-state index in [1.807, 2.05) is 0 Å². The lowest BCUT2D eigenvalue weighted by atomic mass is 10.1. The van der Waals surface area contributed by atoms with Gasteiger partial charge in [0.15, 0.2) is 0 Å². The summed E-state index contributed by atoms with van der Waals surface area (Å²) in [6.45, 7) is 8.30. The van der Waals surface area contributed by atoms with Crippen LogP contribution in [0.4, 0.5) is 0 Å². The van der Waals surface area contributed by atoms with Crippen LogP contribution in [0.3, 0.4) is 0 Å². The summed E-state index contributed by atoms with van der Waals surface area (Å²) < 4.78 is 25.3. The summed E-state index contributed by atoms with van der Waals surface area (Å²) in [5.41, 5.74) is 0. The largest absolute Gasteiger partial charge is 0.350 e. The Bertz CT molecular complexity index is 345. The molecule has 0 saturated heterocycles. The molecule has 24 heavy (non-hydrogen) atoms. The van der Waals surface area contributed by atoms with Crippen molar-refractivity contribution >= 4 is 7.60 Å². The van der Waals surface area contributed by atoms with Gasteiger partial charge >= 0.3 is 7.60 Å². The van der Waals surface area contributed by atoms with Gasteiger partial charge in [-0.1, -0.05) is 65.7 Å². The SMILES string of the molecule is CCCCCCCCNC1(P(=O)(OCCC)OCCC)CCCC1. The quantitative estimate of drug-likeness (QED) is 0.276. The Balaban J connectivity index is 2.57. The van der Waals surface area contributed by atoms with Crippen molar-refractivity contribution < 1.29 is 13.6 Å². The number of hydrogen-bond acceptors (Lipinski definition) is 4. The smallest absolute Gasteiger partial charge is 0.307 e. The van der Waals surface area contributed by atoms with Crippen molar-refractivity contribution in [2.24, 2.45) is 0 Å². The van der Waals surface area contributed by atoms with Gasteiger partial charge in [-0.15, -0.1) is 0 Å². The Morgan fingerprint density at radius 1 is 0.833 bits per heavy atom. The topological polar surface area (TPSA) is 47.6 Å². The minimum atomic E-state index is -3.11. The third-order valence-corrected chi connectivity index (χ3v) is 7.57. The predicted octanol–water partition coefficient (Wildman–Crippen LogP) is 6.25. The van der Waals surface area contributed by atoms with Crippen LogP contribution in [0.25, 0.3) is 0 Å². The van der Waals surface area contributed by atoms with Gasteiger partial charge in [-0.05, 0) is 38.6 Å². The maximum absolute atomic E-state index is 13.6. The van der Waals surface area contributed by atoms with Crippen LogP contribution in [0.1, 0.15) is 97.8 Å². The first kappa shape index (κ1) is 22.2. The molecule has 0 aliphatic heterocycles. The van der Waals surface area contributed by atoms with E-state index in [1.165, 1.54) is 32.1 Å². The van der Waals surface area contributed by atoms with Gasteiger partial charge in [0.1, 0.15) is 5.28 Å². The van der Waals surface area contributed by atoms with Crippen LogP contribution in [0, 0.1) is 0 Å². The molecule has 0 heterocycles. The molecule has 0 bridgehead atoms.